The summed E-state index contributed by atoms with van der Waals surface area (Å²) in [6.07, 6.45) is 1.18. The number of rotatable bonds is 5. The number of amides is 1. The molecule has 0 spiro atoms. The second kappa shape index (κ2) is 8.26. The smallest absolute Gasteiger partial charge is 0.322 e. The van der Waals surface area contributed by atoms with Crippen LogP contribution in [0.15, 0.2) is 78.0 Å². The first kappa shape index (κ1) is 19.6. The van der Waals surface area contributed by atoms with Crippen molar-refractivity contribution in [2.75, 3.05) is 5.32 Å². The van der Waals surface area contributed by atoms with Crippen molar-refractivity contribution in [3.8, 4) is 0 Å². The van der Waals surface area contributed by atoms with Crippen molar-refractivity contribution in [3.05, 3.63) is 89.6 Å². The molecule has 0 aliphatic rings. The van der Waals surface area contributed by atoms with E-state index in [1.54, 1.807) is 48.5 Å². The Morgan fingerprint density at radius 1 is 0.893 bits per heavy atom. The van der Waals surface area contributed by atoms with E-state index in [0.717, 1.165) is 0 Å². The molecule has 0 aliphatic heterocycles. The molecule has 0 unspecified atom stereocenters. The van der Waals surface area contributed by atoms with Crippen LogP contribution in [0.25, 0.3) is 0 Å². The van der Waals surface area contributed by atoms with Crippen LogP contribution in [0.3, 0.4) is 0 Å². The van der Waals surface area contributed by atoms with Crippen LogP contribution in [0.5, 0.6) is 0 Å². The quantitative estimate of drug-likeness (QED) is 0.472. The van der Waals surface area contributed by atoms with E-state index in [4.69, 9.17) is 0 Å². The van der Waals surface area contributed by atoms with Gasteiger partial charge in [-0.05, 0) is 24.3 Å². The molecule has 28 heavy (non-hydrogen) atoms. The highest BCUT2D eigenvalue weighted by molar-refractivity contribution is 8.00. The predicted molar refractivity (Wildman–Crippen MR) is 100 cm³/mol. The van der Waals surface area contributed by atoms with Gasteiger partial charge in [0.05, 0.1) is 5.56 Å². The summed E-state index contributed by atoms with van der Waals surface area (Å²) in [5, 5.41) is 2.08. The van der Waals surface area contributed by atoms with Crippen LogP contribution in [-0.2, 0) is 0 Å². The number of hydrogen-bond acceptors (Lipinski definition) is 4. The molecule has 1 amide bonds. The van der Waals surface area contributed by atoms with E-state index in [-0.39, 0.29) is 11.3 Å². The van der Waals surface area contributed by atoms with Crippen molar-refractivity contribution in [1.29, 1.82) is 0 Å². The van der Waals surface area contributed by atoms with Crippen LogP contribution in [0.4, 0.5) is 18.9 Å². The number of carbonyl (C=O) groups is 2. The number of pyridine rings is 1. The van der Waals surface area contributed by atoms with Crippen molar-refractivity contribution < 1.29 is 22.8 Å². The Morgan fingerprint density at radius 3 is 2.32 bits per heavy atom. The minimum atomic E-state index is -4.56. The Morgan fingerprint density at radius 2 is 1.61 bits per heavy atom. The van der Waals surface area contributed by atoms with Gasteiger partial charge in [0.1, 0.15) is 5.03 Å². The van der Waals surface area contributed by atoms with Gasteiger partial charge in [0.25, 0.3) is 5.91 Å². The molecule has 0 saturated heterocycles. The van der Waals surface area contributed by atoms with Gasteiger partial charge in [-0.15, -0.1) is 0 Å². The van der Waals surface area contributed by atoms with E-state index < -0.39 is 28.2 Å². The van der Waals surface area contributed by atoms with E-state index in [1.807, 2.05) is 0 Å². The molecule has 0 fully saturated rings. The number of nitrogens with one attached hydrogen (secondary N) is 1. The minimum absolute atomic E-state index is 0.204. The highest BCUT2D eigenvalue weighted by Gasteiger charge is 2.32. The monoisotopic (exact) mass is 402 g/mol. The van der Waals surface area contributed by atoms with Crippen LogP contribution in [0, 0.1) is 0 Å². The fourth-order valence-electron chi connectivity index (χ4n) is 2.45. The number of hydrogen-bond donors (Lipinski definition) is 1. The molecule has 0 radical (unpaired) electrons. The SMILES string of the molecule is O=C(c1ccccc1)c1cccc(NC(=O)c2cccnc2SC(F)(F)F)c1. The lowest BCUT2D eigenvalue weighted by Crippen LogP contribution is -2.15. The molecule has 3 aromatic rings. The van der Waals surface area contributed by atoms with E-state index >= 15 is 0 Å². The van der Waals surface area contributed by atoms with Gasteiger partial charge in [0, 0.05) is 34.8 Å². The number of aromatic nitrogens is 1. The summed E-state index contributed by atoms with van der Waals surface area (Å²) in [5.74, 6) is -0.976. The van der Waals surface area contributed by atoms with Gasteiger partial charge in [-0.1, -0.05) is 42.5 Å². The van der Waals surface area contributed by atoms with Gasteiger partial charge >= 0.3 is 5.51 Å². The fraction of sp³-hybridized carbons (Fsp3) is 0.0500. The number of carbonyl (C=O) groups excluding carboxylic acids is 2. The third kappa shape index (κ3) is 4.98. The van der Waals surface area contributed by atoms with E-state index in [1.165, 1.54) is 24.4 Å². The summed E-state index contributed by atoms with van der Waals surface area (Å²) >= 11 is -0.454. The molecule has 1 aromatic heterocycles. The second-order valence-corrected chi connectivity index (χ2v) is 6.69. The third-order valence-corrected chi connectivity index (χ3v) is 4.40. The maximum atomic E-state index is 12.7. The van der Waals surface area contributed by atoms with Crippen molar-refractivity contribution >= 4 is 29.1 Å². The molecule has 8 heteroatoms. The molecule has 142 valence electrons. The summed E-state index contributed by atoms with van der Waals surface area (Å²) in [6, 6.07) is 17.4. The van der Waals surface area contributed by atoms with Gasteiger partial charge in [-0.25, -0.2) is 4.98 Å². The first-order valence-electron chi connectivity index (χ1n) is 8.05. The normalized spacial score (nSPS) is 11.1. The molecular weight excluding hydrogens is 389 g/mol. The number of alkyl halides is 3. The van der Waals surface area contributed by atoms with Gasteiger partial charge in [-0.2, -0.15) is 13.2 Å². The average Bonchev–Trinajstić information content (AvgIpc) is 2.67. The third-order valence-electron chi connectivity index (χ3n) is 3.65. The maximum Gasteiger partial charge on any atom is 0.447 e. The number of nitrogens with zero attached hydrogens (tertiary/aromatic N) is 1. The Hall–Kier alpha value is -3.13. The van der Waals surface area contributed by atoms with Gasteiger partial charge in [-0.3, -0.25) is 9.59 Å². The van der Waals surface area contributed by atoms with Gasteiger partial charge in [0.15, 0.2) is 5.78 Å². The summed E-state index contributed by atoms with van der Waals surface area (Å²) < 4.78 is 38.0. The molecular formula is C20H13F3N2O2S. The second-order valence-electron chi connectivity index (χ2n) is 5.63. The first-order chi connectivity index (χ1) is 13.3. The zero-order chi connectivity index (χ0) is 20.1. The summed E-state index contributed by atoms with van der Waals surface area (Å²) in [6.45, 7) is 0. The van der Waals surface area contributed by atoms with Crippen LogP contribution in [0.2, 0.25) is 0 Å². The zero-order valence-electron chi connectivity index (χ0n) is 14.2. The molecule has 1 heterocycles. The van der Waals surface area contributed by atoms with Gasteiger partial charge < -0.3 is 5.32 Å². The number of thioether (sulfide) groups is 1. The topological polar surface area (TPSA) is 59.1 Å². The highest BCUT2D eigenvalue weighted by atomic mass is 32.2. The standard InChI is InChI=1S/C20H13F3N2O2S/c21-20(22,23)28-19-16(10-5-11-24-19)18(27)25-15-9-4-8-14(12-15)17(26)13-6-2-1-3-7-13/h1-12H,(H,25,27). The van der Waals surface area contributed by atoms with Crippen molar-refractivity contribution in [3.63, 3.8) is 0 Å². The van der Waals surface area contributed by atoms with Crippen LogP contribution in [-0.4, -0.2) is 22.2 Å². The Bertz CT molecular complexity index is 1010. The zero-order valence-corrected chi connectivity index (χ0v) is 15.1. The van der Waals surface area contributed by atoms with Crippen molar-refractivity contribution in [2.24, 2.45) is 0 Å². The predicted octanol–water partition coefficient (Wildman–Crippen LogP) is 5.18. The Labute approximate surface area is 162 Å². The van der Waals surface area contributed by atoms with Crippen LogP contribution in [0.1, 0.15) is 26.3 Å². The lowest BCUT2D eigenvalue weighted by atomic mass is 10.0. The molecule has 4 nitrogen and oxygen atoms in total. The number of benzene rings is 2. The molecule has 0 aliphatic carbocycles. The Kier molecular flexibility index (Phi) is 5.79. The maximum absolute atomic E-state index is 12.7. The minimum Gasteiger partial charge on any atom is -0.322 e. The van der Waals surface area contributed by atoms with E-state index in [2.05, 4.69) is 10.3 Å². The summed E-state index contributed by atoms with van der Waals surface area (Å²) in [7, 11) is 0. The number of ketones is 1. The number of anilines is 1. The molecule has 3 rings (SSSR count). The van der Waals surface area contributed by atoms with Crippen molar-refractivity contribution in [2.45, 2.75) is 10.5 Å². The molecule has 0 saturated carbocycles. The highest BCUT2D eigenvalue weighted by Crippen LogP contribution is 2.37. The molecule has 2 aromatic carbocycles. The number of halogens is 3. The molecule has 0 atom stereocenters. The Balaban J connectivity index is 1.82. The summed E-state index contributed by atoms with van der Waals surface area (Å²) in [4.78, 5) is 28.6. The largest absolute Gasteiger partial charge is 0.447 e. The van der Waals surface area contributed by atoms with Crippen LogP contribution >= 0.6 is 11.8 Å². The fourth-order valence-corrected chi connectivity index (χ4v) is 3.05. The van der Waals surface area contributed by atoms with E-state index in [0.29, 0.717) is 16.8 Å². The van der Waals surface area contributed by atoms with E-state index in [9.17, 15) is 22.8 Å². The van der Waals surface area contributed by atoms with Crippen molar-refractivity contribution in [1.82, 2.24) is 4.98 Å². The molecule has 1 N–H and O–H groups in total. The first-order valence-corrected chi connectivity index (χ1v) is 8.87. The average molecular weight is 402 g/mol. The lowest BCUT2D eigenvalue weighted by molar-refractivity contribution is -0.0329. The molecule has 0 bridgehead atoms. The van der Waals surface area contributed by atoms with Gasteiger partial charge in [0.2, 0.25) is 0 Å². The summed E-state index contributed by atoms with van der Waals surface area (Å²) in [5.41, 5.74) is -3.64. The lowest BCUT2D eigenvalue weighted by Gasteiger charge is -2.11. The van der Waals surface area contributed by atoms with Crippen LogP contribution < -0.4 is 5.32 Å².